The van der Waals surface area contributed by atoms with E-state index in [0.717, 1.165) is 5.69 Å². The summed E-state index contributed by atoms with van der Waals surface area (Å²) in [5.41, 5.74) is 0.627. The quantitative estimate of drug-likeness (QED) is 0.516. The standard InChI is InChI=1S/C22H22ClN3O6/c1-24-18-7-6-16(23)10-17(18)22(32-13-27)8-9-26(12-22)19(28)11-25-20(29)14-2-4-15(5-3-14)21(30)31/h2-7,10,13,24H,8-9,11-12H2,1H3,(H,25,29)(H,30,31). The average Bonchev–Trinajstić information content (AvgIpc) is 3.23. The zero-order valence-electron chi connectivity index (χ0n) is 17.3. The van der Waals surface area contributed by atoms with E-state index in [0.29, 0.717) is 30.0 Å². The minimum atomic E-state index is -1.09. The maximum atomic E-state index is 12.7. The number of carbonyl (C=O) groups excluding carboxylic acids is 3. The average molecular weight is 460 g/mol. The van der Waals surface area contributed by atoms with Crippen LogP contribution in [0.4, 0.5) is 5.69 Å². The summed E-state index contributed by atoms with van der Waals surface area (Å²) in [7, 11) is 1.73. The van der Waals surface area contributed by atoms with Crippen LogP contribution in [0.1, 0.15) is 32.7 Å². The molecule has 32 heavy (non-hydrogen) atoms. The predicted molar refractivity (Wildman–Crippen MR) is 117 cm³/mol. The summed E-state index contributed by atoms with van der Waals surface area (Å²) in [4.78, 5) is 48.7. The van der Waals surface area contributed by atoms with Crippen LogP contribution in [0.15, 0.2) is 42.5 Å². The summed E-state index contributed by atoms with van der Waals surface area (Å²) in [6.45, 7) is 0.538. The van der Waals surface area contributed by atoms with Crippen molar-refractivity contribution in [1.82, 2.24) is 10.2 Å². The number of hydrogen-bond donors (Lipinski definition) is 3. The van der Waals surface area contributed by atoms with E-state index in [1.807, 2.05) is 0 Å². The molecule has 0 bridgehead atoms. The normalized spacial score (nSPS) is 17.5. The molecular formula is C22H22ClN3O6. The number of rotatable bonds is 8. The fourth-order valence-corrected chi connectivity index (χ4v) is 3.88. The highest BCUT2D eigenvalue weighted by atomic mass is 35.5. The molecule has 0 aliphatic carbocycles. The van der Waals surface area contributed by atoms with Gasteiger partial charge in [-0.2, -0.15) is 0 Å². The van der Waals surface area contributed by atoms with Gasteiger partial charge in [-0.15, -0.1) is 0 Å². The second-order valence-corrected chi connectivity index (χ2v) is 7.72. The second kappa shape index (κ2) is 9.69. The molecule has 0 saturated carbocycles. The minimum Gasteiger partial charge on any atom is -0.478 e. The number of anilines is 1. The van der Waals surface area contributed by atoms with E-state index in [-0.39, 0.29) is 30.1 Å². The van der Waals surface area contributed by atoms with Gasteiger partial charge in [0, 0.05) is 41.9 Å². The molecule has 0 spiro atoms. The number of nitrogens with one attached hydrogen (secondary N) is 2. The number of amides is 2. The van der Waals surface area contributed by atoms with E-state index < -0.39 is 17.5 Å². The molecule has 1 saturated heterocycles. The van der Waals surface area contributed by atoms with E-state index in [1.54, 1.807) is 25.2 Å². The molecule has 1 heterocycles. The molecule has 0 aromatic heterocycles. The van der Waals surface area contributed by atoms with Gasteiger partial charge in [0.05, 0.1) is 18.7 Å². The van der Waals surface area contributed by atoms with Crippen LogP contribution in [0.3, 0.4) is 0 Å². The van der Waals surface area contributed by atoms with Gasteiger partial charge in [0.1, 0.15) is 0 Å². The van der Waals surface area contributed by atoms with Crippen molar-refractivity contribution in [3.05, 3.63) is 64.2 Å². The Morgan fingerprint density at radius 2 is 1.88 bits per heavy atom. The molecule has 3 rings (SSSR count). The first-order chi connectivity index (χ1) is 15.3. The van der Waals surface area contributed by atoms with Crippen LogP contribution in [0.25, 0.3) is 0 Å². The van der Waals surface area contributed by atoms with Gasteiger partial charge in [-0.3, -0.25) is 14.4 Å². The summed E-state index contributed by atoms with van der Waals surface area (Å²) >= 11 is 6.15. The van der Waals surface area contributed by atoms with Gasteiger partial charge in [0.2, 0.25) is 5.91 Å². The largest absolute Gasteiger partial charge is 0.478 e. The smallest absolute Gasteiger partial charge is 0.335 e. The maximum absolute atomic E-state index is 12.7. The number of benzene rings is 2. The highest BCUT2D eigenvalue weighted by Gasteiger charge is 2.44. The van der Waals surface area contributed by atoms with Crippen molar-refractivity contribution in [3.8, 4) is 0 Å². The van der Waals surface area contributed by atoms with Crippen LogP contribution in [0, 0.1) is 0 Å². The molecule has 0 radical (unpaired) electrons. The molecule has 2 aromatic rings. The Morgan fingerprint density at radius 3 is 2.50 bits per heavy atom. The monoisotopic (exact) mass is 459 g/mol. The zero-order valence-corrected chi connectivity index (χ0v) is 18.0. The van der Waals surface area contributed by atoms with Crippen LogP contribution < -0.4 is 10.6 Å². The number of halogens is 1. The van der Waals surface area contributed by atoms with E-state index in [9.17, 15) is 19.2 Å². The highest BCUT2D eigenvalue weighted by Crippen LogP contribution is 2.40. The van der Waals surface area contributed by atoms with Crippen molar-refractivity contribution in [2.45, 2.75) is 12.0 Å². The first-order valence-corrected chi connectivity index (χ1v) is 10.2. The van der Waals surface area contributed by atoms with Gasteiger partial charge in [0.25, 0.3) is 12.4 Å². The molecule has 2 amide bonds. The lowest BCUT2D eigenvalue weighted by Gasteiger charge is -2.30. The Hall–Kier alpha value is -3.59. The third kappa shape index (κ3) is 4.83. The molecule has 9 nitrogen and oxygen atoms in total. The van der Waals surface area contributed by atoms with Crippen LogP contribution in [-0.2, 0) is 19.9 Å². The first-order valence-electron chi connectivity index (χ1n) is 9.78. The number of carbonyl (C=O) groups is 4. The van der Waals surface area contributed by atoms with E-state index in [4.69, 9.17) is 21.4 Å². The molecule has 3 N–H and O–H groups in total. The van der Waals surface area contributed by atoms with E-state index in [1.165, 1.54) is 29.2 Å². The second-order valence-electron chi connectivity index (χ2n) is 7.28. The highest BCUT2D eigenvalue weighted by molar-refractivity contribution is 6.30. The van der Waals surface area contributed by atoms with Crippen molar-refractivity contribution < 1.29 is 29.0 Å². The Bertz CT molecular complexity index is 1040. The van der Waals surface area contributed by atoms with Crippen LogP contribution in [-0.4, -0.2) is 60.9 Å². The number of carboxylic acid groups (broad SMARTS) is 1. The lowest BCUT2D eigenvalue weighted by molar-refractivity contribution is -0.145. The van der Waals surface area contributed by atoms with Gasteiger partial charge < -0.3 is 25.4 Å². The summed E-state index contributed by atoms with van der Waals surface area (Å²) in [6, 6.07) is 10.6. The van der Waals surface area contributed by atoms with Crippen molar-refractivity contribution in [1.29, 1.82) is 0 Å². The van der Waals surface area contributed by atoms with E-state index >= 15 is 0 Å². The number of hydrogen-bond acceptors (Lipinski definition) is 6. The van der Waals surface area contributed by atoms with Gasteiger partial charge in [-0.05, 0) is 42.5 Å². The Morgan fingerprint density at radius 1 is 1.19 bits per heavy atom. The van der Waals surface area contributed by atoms with Gasteiger partial charge in [0.15, 0.2) is 5.60 Å². The topological polar surface area (TPSA) is 125 Å². The predicted octanol–water partition coefficient (Wildman–Crippen LogP) is 2.11. The molecule has 1 aliphatic rings. The van der Waals surface area contributed by atoms with Crippen LogP contribution in [0.2, 0.25) is 5.02 Å². The third-order valence-corrected chi connectivity index (χ3v) is 5.63. The van der Waals surface area contributed by atoms with Gasteiger partial charge in [-0.1, -0.05) is 11.6 Å². The Balaban J connectivity index is 1.68. The fourth-order valence-electron chi connectivity index (χ4n) is 3.71. The lowest BCUT2D eigenvalue weighted by atomic mass is 9.91. The summed E-state index contributed by atoms with van der Waals surface area (Å²) < 4.78 is 5.47. The SMILES string of the molecule is CNc1ccc(Cl)cc1C1(OC=O)CCN(C(=O)CNC(=O)c2ccc(C(=O)O)cc2)C1. The maximum Gasteiger partial charge on any atom is 0.335 e. The van der Waals surface area contributed by atoms with Gasteiger partial charge in [-0.25, -0.2) is 4.79 Å². The van der Waals surface area contributed by atoms with E-state index in [2.05, 4.69) is 10.6 Å². The Labute approximate surface area is 189 Å². The number of ether oxygens (including phenoxy) is 1. The summed E-state index contributed by atoms with van der Waals surface area (Å²) in [5.74, 6) is -1.94. The summed E-state index contributed by atoms with van der Waals surface area (Å²) in [6.07, 6.45) is 0.372. The van der Waals surface area contributed by atoms with Crippen LogP contribution >= 0.6 is 11.6 Å². The molecule has 1 aliphatic heterocycles. The van der Waals surface area contributed by atoms with Crippen molar-refractivity contribution >= 4 is 41.5 Å². The molecule has 2 aromatic carbocycles. The van der Waals surface area contributed by atoms with Gasteiger partial charge >= 0.3 is 5.97 Å². The van der Waals surface area contributed by atoms with Crippen LogP contribution in [0.5, 0.6) is 0 Å². The number of likely N-dealkylation sites (tertiary alicyclic amines) is 1. The summed E-state index contributed by atoms with van der Waals surface area (Å²) in [5, 5.41) is 15.0. The lowest BCUT2D eigenvalue weighted by Crippen LogP contribution is -2.41. The first kappa shape index (κ1) is 23.1. The fraction of sp³-hybridized carbons (Fsp3) is 0.273. The third-order valence-electron chi connectivity index (χ3n) is 5.39. The molecule has 1 fully saturated rings. The number of aromatic carboxylic acids is 1. The number of carboxylic acids is 1. The van der Waals surface area contributed by atoms with Crippen molar-refractivity contribution in [3.63, 3.8) is 0 Å². The molecule has 168 valence electrons. The molecule has 10 heteroatoms. The van der Waals surface area contributed by atoms with Crippen molar-refractivity contribution in [2.24, 2.45) is 0 Å². The van der Waals surface area contributed by atoms with Crippen molar-refractivity contribution in [2.75, 3.05) is 32.0 Å². The number of nitrogens with zero attached hydrogens (tertiary/aromatic N) is 1. The molecule has 1 atom stereocenters. The zero-order chi connectivity index (χ0) is 23.3. The Kier molecular flexibility index (Phi) is 6.99. The molecule has 1 unspecified atom stereocenters. The minimum absolute atomic E-state index is 0.0585. The molecular weight excluding hydrogens is 438 g/mol.